The van der Waals surface area contributed by atoms with Gasteiger partial charge in [0, 0.05) is 15.7 Å². The van der Waals surface area contributed by atoms with Crippen molar-refractivity contribution in [1.29, 1.82) is 0 Å². The van der Waals surface area contributed by atoms with E-state index >= 15 is 0 Å². The van der Waals surface area contributed by atoms with Gasteiger partial charge in [-0.25, -0.2) is 13.6 Å². The molecule has 1 aromatic heterocycles. The van der Waals surface area contributed by atoms with E-state index in [2.05, 4.69) is 5.32 Å². The van der Waals surface area contributed by atoms with Gasteiger partial charge in [0.15, 0.2) is 0 Å². The molecule has 0 saturated carbocycles. The van der Waals surface area contributed by atoms with Gasteiger partial charge in [0.1, 0.15) is 5.76 Å². The highest BCUT2D eigenvalue weighted by Crippen LogP contribution is 2.23. The molecule has 0 bridgehead atoms. The minimum Gasteiger partial charge on any atom is -0.446 e. The Balaban J connectivity index is 2.08. The number of sulfonamides is 1. The van der Waals surface area contributed by atoms with E-state index in [1.807, 2.05) is 0 Å². The van der Waals surface area contributed by atoms with Crippen molar-refractivity contribution in [1.82, 2.24) is 0 Å². The maximum Gasteiger partial charge on any atom is 0.271 e. The van der Waals surface area contributed by atoms with Crippen LogP contribution in [0.1, 0.15) is 5.76 Å². The second kappa shape index (κ2) is 5.42. The molecule has 0 aliphatic heterocycles. The molecule has 0 aliphatic carbocycles. The summed E-state index contributed by atoms with van der Waals surface area (Å²) < 4.78 is 27.2. The van der Waals surface area contributed by atoms with Crippen LogP contribution in [0.3, 0.4) is 0 Å². The van der Waals surface area contributed by atoms with E-state index in [0.29, 0.717) is 21.5 Å². The second-order valence-electron chi connectivity index (χ2n) is 3.78. The maximum absolute atomic E-state index is 11.0. The first-order chi connectivity index (χ1) is 8.84. The van der Waals surface area contributed by atoms with Crippen LogP contribution in [-0.4, -0.2) is 8.42 Å². The summed E-state index contributed by atoms with van der Waals surface area (Å²) in [6.07, 6.45) is 0. The molecule has 0 amide bonds. The summed E-state index contributed by atoms with van der Waals surface area (Å²) >= 11 is 11.7. The molecule has 0 radical (unpaired) electrons. The lowest BCUT2D eigenvalue weighted by Crippen LogP contribution is -2.10. The van der Waals surface area contributed by atoms with Crippen LogP contribution < -0.4 is 10.5 Å². The molecule has 0 unspecified atom stereocenters. The lowest BCUT2D eigenvalue weighted by atomic mass is 10.3. The van der Waals surface area contributed by atoms with Crippen molar-refractivity contribution in [3.8, 4) is 0 Å². The van der Waals surface area contributed by atoms with Gasteiger partial charge in [0.05, 0.1) is 6.54 Å². The monoisotopic (exact) mass is 320 g/mol. The van der Waals surface area contributed by atoms with Crippen molar-refractivity contribution < 1.29 is 12.8 Å². The van der Waals surface area contributed by atoms with Gasteiger partial charge in [0.25, 0.3) is 10.0 Å². The zero-order valence-electron chi connectivity index (χ0n) is 9.56. The Hall–Kier alpha value is -1.21. The van der Waals surface area contributed by atoms with Crippen LogP contribution in [0.25, 0.3) is 0 Å². The molecular weight excluding hydrogens is 311 g/mol. The summed E-state index contributed by atoms with van der Waals surface area (Å²) in [6, 6.07) is 7.82. The molecule has 5 nitrogen and oxygen atoms in total. The summed E-state index contributed by atoms with van der Waals surface area (Å²) in [5.41, 5.74) is 0.700. The van der Waals surface area contributed by atoms with Crippen LogP contribution in [0.4, 0.5) is 5.69 Å². The summed E-state index contributed by atoms with van der Waals surface area (Å²) in [6.45, 7) is 0.284. The smallest absolute Gasteiger partial charge is 0.271 e. The highest BCUT2D eigenvalue weighted by Gasteiger charge is 2.12. The number of nitrogens with two attached hydrogens (primary N) is 1. The van der Waals surface area contributed by atoms with Crippen LogP contribution in [-0.2, 0) is 16.6 Å². The third-order valence-corrected chi connectivity index (χ3v) is 3.46. The molecule has 102 valence electrons. The summed E-state index contributed by atoms with van der Waals surface area (Å²) in [5, 5.41) is 8.68. The Morgan fingerprint density at radius 3 is 2.32 bits per heavy atom. The van der Waals surface area contributed by atoms with E-state index < -0.39 is 10.0 Å². The number of halogens is 2. The SMILES string of the molecule is NS(=O)(=O)c1ccc(CNc2cc(Cl)cc(Cl)c2)o1. The number of primary sulfonamides is 1. The van der Waals surface area contributed by atoms with Gasteiger partial charge in [-0.2, -0.15) is 0 Å². The van der Waals surface area contributed by atoms with Gasteiger partial charge < -0.3 is 9.73 Å². The predicted molar refractivity (Wildman–Crippen MR) is 73.9 cm³/mol. The van der Waals surface area contributed by atoms with Crippen LogP contribution in [0.2, 0.25) is 10.0 Å². The Morgan fingerprint density at radius 2 is 1.79 bits per heavy atom. The quantitative estimate of drug-likeness (QED) is 0.907. The second-order valence-corrected chi connectivity index (χ2v) is 6.14. The van der Waals surface area contributed by atoms with Crippen LogP contribution >= 0.6 is 23.2 Å². The van der Waals surface area contributed by atoms with Crippen LogP contribution in [0, 0.1) is 0 Å². The van der Waals surface area contributed by atoms with Gasteiger partial charge in [-0.05, 0) is 30.3 Å². The minimum absolute atomic E-state index is 0.270. The largest absolute Gasteiger partial charge is 0.446 e. The first-order valence-corrected chi connectivity index (χ1v) is 7.46. The molecule has 0 spiro atoms. The number of nitrogens with one attached hydrogen (secondary N) is 1. The van der Waals surface area contributed by atoms with Crippen LogP contribution in [0.15, 0.2) is 39.8 Å². The van der Waals surface area contributed by atoms with E-state index in [0.717, 1.165) is 0 Å². The highest BCUT2D eigenvalue weighted by molar-refractivity contribution is 7.89. The van der Waals surface area contributed by atoms with E-state index in [1.54, 1.807) is 18.2 Å². The number of rotatable bonds is 4. The van der Waals surface area contributed by atoms with Gasteiger partial charge >= 0.3 is 0 Å². The molecule has 2 rings (SSSR count). The van der Waals surface area contributed by atoms with Crippen molar-refractivity contribution in [2.24, 2.45) is 5.14 Å². The number of anilines is 1. The van der Waals surface area contributed by atoms with Crippen molar-refractivity contribution >= 4 is 38.9 Å². The van der Waals surface area contributed by atoms with Crippen molar-refractivity contribution in [2.45, 2.75) is 11.6 Å². The average molecular weight is 321 g/mol. The van der Waals surface area contributed by atoms with Crippen molar-refractivity contribution in [3.05, 3.63) is 46.1 Å². The zero-order valence-corrected chi connectivity index (χ0v) is 11.9. The molecule has 0 atom stereocenters. The standard InChI is InChI=1S/C11H10Cl2N2O3S/c12-7-3-8(13)5-9(4-7)15-6-10-1-2-11(18-10)19(14,16)17/h1-5,15H,6H2,(H2,14,16,17). The molecule has 3 N–H and O–H groups in total. The van der Waals surface area contributed by atoms with Gasteiger partial charge in [-0.15, -0.1) is 0 Å². The Kier molecular flexibility index (Phi) is 4.05. The Labute approximate surface area is 120 Å². The molecule has 1 heterocycles. The third kappa shape index (κ3) is 3.87. The minimum atomic E-state index is -3.82. The molecule has 8 heteroatoms. The van der Waals surface area contributed by atoms with Crippen LogP contribution in [0.5, 0.6) is 0 Å². The zero-order chi connectivity index (χ0) is 14.0. The molecule has 0 fully saturated rings. The van der Waals surface area contributed by atoms with Gasteiger partial charge in [-0.1, -0.05) is 23.2 Å². The third-order valence-electron chi connectivity index (χ3n) is 2.25. The molecule has 0 saturated heterocycles. The van der Waals surface area contributed by atoms with E-state index in [9.17, 15) is 8.42 Å². The van der Waals surface area contributed by atoms with E-state index in [4.69, 9.17) is 32.8 Å². The summed E-state index contributed by atoms with van der Waals surface area (Å²) in [5.74, 6) is 0.431. The lowest BCUT2D eigenvalue weighted by Gasteiger charge is -2.05. The summed E-state index contributed by atoms with van der Waals surface area (Å²) in [7, 11) is -3.82. The number of hydrogen-bond acceptors (Lipinski definition) is 4. The first kappa shape index (κ1) is 14.2. The fourth-order valence-corrected chi connectivity index (χ4v) is 2.46. The lowest BCUT2D eigenvalue weighted by molar-refractivity contribution is 0.419. The molecule has 19 heavy (non-hydrogen) atoms. The number of hydrogen-bond donors (Lipinski definition) is 2. The number of furan rings is 1. The average Bonchev–Trinajstić information content (AvgIpc) is 2.73. The Morgan fingerprint density at radius 1 is 1.16 bits per heavy atom. The van der Waals surface area contributed by atoms with Crippen molar-refractivity contribution in [3.63, 3.8) is 0 Å². The van der Waals surface area contributed by atoms with E-state index in [1.165, 1.54) is 12.1 Å². The molecule has 2 aromatic rings. The van der Waals surface area contributed by atoms with E-state index in [-0.39, 0.29) is 11.6 Å². The fraction of sp³-hybridized carbons (Fsp3) is 0.0909. The topological polar surface area (TPSA) is 85.3 Å². The maximum atomic E-state index is 11.0. The highest BCUT2D eigenvalue weighted by atomic mass is 35.5. The predicted octanol–water partition coefficient (Wildman–Crippen LogP) is 2.85. The van der Waals surface area contributed by atoms with Gasteiger partial charge in [-0.3, -0.25) is 0 Å². The first-order valence-electron chi connectivity index (χ1n) is 5.16. The van der Waals surface area contributed by atoms with Gasteiger partial charge in [0.2, 0.25) is 5.09 Å². The normalized spacial score (nSPS) is 11.5. The summed E-state index contributed by atoms with van der Waals surface area (Å²) in [4.78, 5) is 0. The molecular formula is C11H10Cl2N2O3S. The van der Waals surface area contributed by atoms with Crippen molar-refractivity contribution in [2.75, 3.05) is 5.32 Å². The Bertz CT molecular complexity index is 677. The fourth-order valence-electron chi connectivity index (χ4n) is 1.45. The molecule has 1 aromatic carbocycles. The molecule has 0 aliphatic rings. The number of benzene rings is 1.